The van der Waals surface area contributed by atoms with Crippen molar-refractivity contribution in [2.75, 3.05) is 44.6 Å². The maximum absolute atomic E-state index is 14.4. The number of hydrogen-bond donors (Lipinski definition) is 2. The van der Waals surface area contributed by atoms with Crippen LogP contribution in [0.4, 0.5) is 10.1 Å². The molecular formula is C24H26ClFN4O3. The van der Waals surface area contributed by atoms with Crippen LogP contribution < -0.4 is 15.8 Å². The zero-order chi connectivity index (χ0) is 23.2. The van der Waals surface area contributed by atoms with Crippen molar-refractivity contribution in [2.45, 2.75) is 24.3 Å². The Bertz CT molecular complexity index is 1100. The van der Waals surface area contributed by atoms with E-state index >= 15 is 0 Å². The van der Waals surface area contributed by atoms with Crippen LogP contribution in [0.15, 0.2) is 36.4 Å². The predicted octanol–water partition coefficient (Wildman–Crippen LogP) is 2.63. The number of anilines is 1. The number of hydrogen-bond acceptors (Lipinski definition) is 5. The minimum Gasteiger partial charge on any atom is -0.492 e. The second kappa shape index (κ2) is 8.59. The Balaban J connectivity index is 1.14. The molecule has 0 atom stereocenters. The van der Waals surface area contributed by atoms with Crippen molar-refractivity contribution >= 4 is 29.1 Å². The summed E-state index contributed by atoms with van der Waals surface area (Å²) < 4.78 is 20.2. The zero-order valence-electron chi connectivity index (χ0n) is 18.2. The summed E-state index contributed by atoms with van der Waals surface area (Å²) in [4.78, 5) is 28.8. The van der Waals surface area contributed by atoms with Gasteiger partial charge >= 0.3 is 0 Å². The average molecular weight is 473 g/mol. The smallest absolute Gasteiger partial charge is 0.256 e. The Morgan fingerprint density at radius 2 is 1.97 bits per heavy atom. The van der Waals surface area contributed by atoms with Crippen LogP contribution in [0.3, 0.4) is 0 Å². The standard InChI is InChI=1S/C24H26ClFN4O3/c25-15-1-4-21-19(11-15)24(23(32)28-21)5-7-29(8-6-24)9-10-33-17-2-3-18(20(26)12-17)22(31)30-13-16(27)14-30/h1-4,11-12,16H,5-10,13-14,27H2,(H,28,32). The van der Waals surface area contributed by atoms with Gasteiger partial charge in [0.15, 0.2) is 0 Å². The van der Waals surface area contributed by atoms with Crippen LogP contribution in [-0.2, 0) is 10.2 Å². The maximum atomic E-state index is 14.4. The molecule has 0 aliphatic carbocycles. The van der Waals surface area contributed by atoms with E-state index in [-0.39, 0.29) is 23.4 Å². The molecule has 2 fully saturated rings. The van der Waals surface area contributed by atoms with Crippen LogP contribution in [0.2, 0.25) is 5.02 Å². The van der Waals surface area contributed by atoms with E-state index in [1.165, 1.54) is 17.0 Å². The molecule has 3 heterocycles. The van der Waals surface area contributed by atoms with Gasteiger partial charge in [-0.25, -0.2) is 4.39 Å². The van der Waals surface area contributed by atoms with Crippen molar-refractivity contribution in [3.05, 3.63) is 58.4 Å². The first-order chi connectivity index (χ1) is 15.9. The minimum absolute atomic E-state index is 0.0279. The second-order valence-electron chi connectivity index (χ2n) is 9.03. The van der Waals surface area contributed by atoms with Gasteiger partial charge in [0.25, 0.3) is 5.91 Å². The highest BCUT2D eigenvalue weighted by molar-refractivity contribution is 6.31. The van der Waals surface area contributed by atoms with Crippen molar-refractivity contribution in [2.24, 2.45) is 5.73 Å². The average Bonchev–Trinajstić information content (AvgIpc) is 3.03. The molecule has 2 saturated heterocycles. The van der Waals surface area contributed by atoms with Crippen molar-refractivity contribution in [1.82, 2.24) is 9.80 Å². The summed E-state index contributed by atoms with van der Waals surface area (Å²) in [6, 6.07) is 9.85. The first-order valence-electron chi connectivity index (χ1n) is 11.2. The molecule has 174 valence electrons. The number of fused-ring (bicyclic) bond motifs is 2. The Morgan fingerprint density at radius 3 is 2.67 bits per heavy atom. The predicted molar refractivity (Wildman–Crippen MR) is 123 cm³/mol. The van der Waals surface area contributed by atoms with E-state index in [4.69, 9.17) is 22.1 Å². The zero-order valence-corrected chi connectivity index (χ0v) is 18.9. The number of benzene rings is 2. The molecule has 9 heteroatoms. The summed E-state index contributed by atoms with van der Waals surface area (Å²) in [5.74, 6) is -0.512. The lowest BCUT2D eigenvalue weighted by atomic mass is 9.73. The molecule has 2 aromatic rings. The fourth-order valence-electron chi connectivity index (χ4n) is 4.94. The highest BCUT2D eigenvalue weighted by Gasteiger charge is 2.48. The quantitative estimate of drug-likeness (QED) is 0.698. The van der Waals surface area contributed by atoms with Crippen LogP contribution >= 0.6 is 11.6 Å². The molecule has 5 rings (SSSR count). The van der Waals surface area contributed by atoms with E-state index in [9.17, 15) is 14.0 Å². The normalized spacial score (nSPS) is 19.8. The highest BCUT2D eigenvalue weighted by Crippen LogP contribution is 2.45. The monoisotopic (exact) mass is 472 g/mol. The molecule has 0 radical (unpaired) electrons. The number of amides is 2. The Labute approximate surface area is 196 Å². The fourth-order valence-corrected chi connectivity index (χ4v) is 5.11. The van der Waals surface area contributed by atoms with Gasteiger partial charge in [-0.15, -0.1) is 0 Å². The number of nitrogens with two attached hydrogens (primary N) is 1. The van der Waals surface area contributed by atoms with Crippen molar-refractivity contribution in [3.63, 3.8) is 0 Å². The van der Waals surface area contributed by atoms with Crippen molar-refractivity contribution < 1.29 is 18.7 Å². The number of ether oxygens (including phenoxy) is 1. The van der Waals surface area contributed by atoms with Crippen LogP contribution in [0.5, 0.6) is 5.75 Å². The molecule has 2 aromatic carbocycles. The molecule has 3 aliphatic heterocycles. The van der Waals surface area contributed by atoms with Gasteiger partial charge in [-0.1, -0.05) is 11.6 Å². The topological polar surface area (TPSA) is 87.9 Å². The van der Waals surface area contributed by atoms with Gasteiger partial charge in [0.1, 0.15) is 18.2 Å². The SMILES string of the molecule is NC1CN(C(=O)c2ccc(OCCN3CCC4(CC3)C(=O)Nc3ccc(Cl)cc34)cc2F)C1. The number of carbonyl (C=O) groups is 2. The summed E-state index contributed by atoms with van der Waals surface area (Å²) in [7, 11) is 0. The maximum Gasteiger partial charge on any atom is 0.256 e. The summed E-state index contributed by atoms with van der Waals surface area (Å²) in [6.45, 7) is 3.45. The van der Waals surface area contributed by atoms with E-state index in [0.717, 1.165) is 24.3 Å². The Morgan fingerprint density at radius 1 is 1.21 bits per heavy atom. The van der Waals surface area contributed by atoms with E-state index in [1.807, 2.05) is 12.1 Å². The van der Waals surface area contributed by atoms with E-state index in [2.05, 4.69) is 10.2 Å². The molecule has 0 bridgehead atoms. The fraction of sp³-hybridized carbons (Fsp3) is 0.417. The summed E-state index contributed by atoms with van der Waals surface area (Å²) >= 11 is 6.18. The van der Waals surface area contributed by atoms with Gasteiger partial charge in [0.05, 0.1) is 11.0 Å². The molecule has 2 amide bonds. The summed E-state index contributed by atoms with van der Waals surface area (Å²) in [5.41, 5.74) is 7.04. The van der Waals surface area contributed by atoms with Crippen molar-refractivity contribution in [3.8, 4) is 5.75 Å². The van der Waals surface area contributed by atoms with Crippen LogP contribution in [-0.4, -0.2) is 67.0 Å². The van der Waals surface area contributed by atoms with E-state index < -0.39 is 11.2 Å². The molecule has 0 saturated carbocycles. The lowest BCUT2D eigenvalue weighted by Crippen LogP contribution is -2.57. The van der Waals surface area contributed by atoms with Gasteiger partial charge < -0.3 is 20.7 Å². The molecule has 3 N–H and O–H groups in total. The third-order valence-electron chi connectivity index (χ3n) is 6.93. The number of halogens is 2. The molecule has 33 heavy (non-hydrogen) atoms. The van der Waals surface area contributed by atoms with Crippen LogP contribution in [0, 0.1) is 5.82 Å². The molecule has 0 unspecified atom stereocenters. The molecule has 7 nitrogen and oxygen atoms in total. The number of likely N-dealkylation sites (tertiary alicyclic amines) is 2. The molecular weight excluding hydrogens is 447 g/mol. The van der Waals surface area contributed by atoms with Gasteiger partial charge in [0.2, 0.25) is 5.91 Å². The van der Waals surface area contributed by atoms with Gasteiger partial charge in [0, 0.05) is 42.5 Å². The Kier molecular flexibility index (Phi) is 5.76. The number of rotatable bonds is 5. The van der Waals surface area contributed by atoms with Crippen LogP contribution in [0.1, 0.15) is 28.8 Å². The Hall–Kier alpha value is -2.68. The number of nitrogens with zero attached hydrogens (tertiary/aromatic N) is 2. The first kappa shape index (κ1) is 22.1. The number of nitrogens with one attached hydrogen (secondary N) is 1. The van der Waals surface area contributed by atoms with Crippen LogP contribution in [0.25, 0.3) is 0 Å². The summed E-state index contributed by atoms with van der Waals surface area (Å²) in [6.07, 6.45) is 1.41. The van der Waals surface area contributed by atoms with Gasteiger partial charge in [-0.2, -0.15) is 0 Å². The molecule has 3 aliphatic rings. The number of piperidine rings is 1. The molecule has 1 spiro atoms. The minimum atomic E-state index is -0.595. The van der Waals surface area contributed by atoms with Crippen molar-refractivity contribution in [1.29, 1.82) is 0 Å². The third kappa shape index (κ3) is 4.07. The first-order valence-corrected chi connectivity index (χ1v) is 11.5. The van der Waals surface area contributed by atoms with E-state index in [0.29, 0.717) is 49.9 Å². The highest BCUT2D eigenvalue weighted by atomic mass is 35.5. The van der Waals surface area contributed by atoms with E-state index in [1.54, 1.807) is 12.1 Å². The third-order valence-corrected chi connectivity index (χ3v) is 7.17. The largest absolute Gasteiger partial charge is 0.492 e. The van der Waals surface area contributed by atoms with Gasteiger partial charge in [-0.05, 0) is 61.8 Å². The lowest BCUT2D eigenvalue weighted by Gasteiger charge is -2.38. The molecule has 0 aromatic heterocycles. The van der Waals surface area contributed by atoms with Gasteiger partial charge in [-0.3, -0.25) is 14.5 Å². The summed E-state index contributed by atoms with van der Waals surface area (Å²) in [5, 5.41) is 3.62. The second-order valence-corrected chi connectivity index (χ2v) is 9.46. The number of carbonyl (C=O) groups excluding carboxylic acids is 2. The lowest BCUT2D eigenvalue weighted by molar-refractivity contribution is -0.122.